The molecule has 0 radical (unpaired) electrons. The maximum absolute atomic E-state index is 12.2. The summed E-state index contributed by atoms with van der Waals surface area (Å²) in [5.41, 5.74) is 2.69. The average Bonchev–Trinajstić information content (AvgIpc) is 3.12. The number of carbonyl (C=O) groups excluding carboxylic acids is 1. The van der Waals surface area contributed by atoms with E-state index < -0.39 is 0 Å². The van der Waals surface area contributed by atoms with Crippen molar-refractivity contribution in [2.24, 2.45) is 0 Å². The second-order valence-corrected chi connectivity index (χ2v) is 6.85. The summed E-state index contributed by atoms with van der Waals surface area (Å²) >= 11 is 3.45. The van der Waals surface area contributed by atoms with Crippen LogP contribution in [-0.4, -0.2) is 22.7 Å². The molecular weight excluding hydrogens is 410 g/mol. The van der Waals surface area contributed by atoms with E-state index in [-0.39, 0.29) is 12.3 Å². The number of aromatic nitrogens is 2. The van der Waals surface area contributed by atoms with Gasteiger partial charge >= 0.3 is 0 Å². The summed E-state index contributed by atoms with van der Waals surface area (Å²) < 4.78 is 11.5. The van der Waals surface area contributed by atoms with Crippen molar-refractivity contribution in [2.45, 2.75) is 26.7 Å². The number of hydrogen-bond acceptors (Lipinski definition) is 5. The van der Waals surface area contributed by atoms with E-state index in [1.807, 2.05) is 56.3 Å². The minimum atomic E-state index is -0.111. The van der Waals surface area contributed by atoms with Gasteiger partial charge in [0.2, 0.25) is 17.6 Å². The number of anilines is 1. The third kappa shape index (κ3) is 5.17. The lowest BCUT2D eigenvalue weighted by Gasteiger charge is -2.07. The maximum Gasteiger partial charge on any atom is 0.227 e. The topological polar surface area (TPSA) is 77.2 Å². The molecule has 0 unspecified atom stereocenters. The molecule has 7 heteroatoms. The van der Waals surface area contributed by atoms with Crippen LogP contribution in [0.2, 0.25) is 0 Å². The van der Waals surface area contributed by atoms with Gasteiger partial charge in [0.05, 0.1) is 12.3 Å². The van der Waals surface area contributed by atoms with Gasteiger partial charge in [-0.1, -0.05) is 11.2 Å². The van der Waals surface area contributed by atoms with E-state index in [9.17, 15) is 4.79 Å². The fraction of sp³-hybridized carbons (Fsp3) is 0.250. The Morgan fingerprint density at radius 1 is 1.22 bits per heavy atom. The predicted octanol–water partition coefficient (Wildman–Crippen LogP) is 4.78. The molecule has 3 rings (SSSR count). The van der Waals surface area contributed by atoms with Crippen LogP contribution in [0.15, 0.2) is 51.5 Å². The number of ether oxygens (including phenoxy) is 1. The van der Waals surface area contributed by atoms with Gasteiger partial charge < -0.3 is 14.6 Å². The molecule has 0 saturated carbocycles. The molecule has 27 heavy (non-hydrogen) atoms. The van der Waals surface area contributed by atoms with E-state index >= 15 is 0 Å². The zero-order valence-electron chi connectivity index (χ0n) is 15.2. The Morgan fingerprint density at radius 2 is 2.00 bits per heavy atom. The number of hydrogen-bond donors (Lipinski definition) is 1. The number of nitrogens with one attached hydrogen (secondary N) is 1. The summed E-state index contributed by atoms with van der Waals surface area (Å²) in [4.78, 5) is 16.5. The molecular formula is C20H20BrN3O3. The number of nitrogens with zero attached hydrogens (tertiary/aromatic N) is 2. The fourth-order valence-electron chi connectivity index (χ4n) is 2.50. The Hall–Kier alpha value is -2.67. The maximum atomic E-state index is 12.2. The van der Waals surface area contributed by atoms with Crippen molar-refractivity contribution < 1.29 is 14.1 Å². The molecule has 0 fully saturated rings. The molecule has 1 heterocycles. The molecule has 0 bridgehead atoms. The number of rotatable bonds is 7. The van der Waals surface area contributed by atoms with E-state index in [2.05, 4.69) is 31.4 Å². The van der Waals surface area contributed by atoms with Crippen molar-refractivity contribution >= 4 is 27.5 Å². The first-order valence-electron chi connectivity index (χ1n) is 8.67. The molecule has 0 spiro atoms. The lowest BCUT2D eigenvalue weighted by atomic mass is 10.2. The number of benzene rings is 2. The minimum Gasteiger partial charge on any atom is -0.494 e. The van der Waals surface area contributed by atoms with Crippen molar-refractivity contribution in [1.29, 1.82) is 0 Å². The Labute approximate surface area is 166 Å². The van der Waals surface area contributed by atoms with E-state index in [0.717, 1.165) is 27.0 Å². The summed E-state index contributed by atoms with van der Waals surface area (Å²) in [7, 11) is 0. The molecule has 3 aromatic rings. The van der Waals surface area contributed by atoms with Crippen LogP contribution in [0.3, 0.4) is 0 Å². The van der Waals surface area contributed by atoms with E-state index in [1.165, 1.54) is 0 Å². The van der Waals surface area contributed by atoms with Crippen LogP contribution >= 0.6 is 15.9 Å². The lowest BCUT2D eigenvalue weighted by molar-refractivity contribution is -0.116. The van der Waals surface area contributed by atoms with E-state index in [4.69, 9.17) is 9.26 Å². The van der Waals surface area contributed by atoms with Crippen LogP contribution in [0.5, 0.6) is 5.75 Å². The predicted molar refractivity (Wildman–Crippen MR) is 107 cm³/mol. The first-order chi connectivity index (χ1) is 13.0. The van der Waals surface area contributed by atoms with Gasteiger partial charge in [-0.25, -0.2) is 0 Å². The lowest BCUT2D eigenvalue weighted by Crippen LogP contribution is -2.12. The molecule has 1 amide bonds. The number of halogens is 1. The molecule has 0 aliphatic heterocycles. The third-order valence-electron chi connectivity index (χ3n) is 3.86. The normalized spacial score (nSPS) is 10.6. The van der Waals surface area contributed by atoms with Gasteiger partial charge in [0.15, 0.2) is 0 Å². The van der Waals surface area contributed by atoms with Crippen molar-refractivity contribution in [3.05, 3.63) is 58.4 Å². The van der Waals surface area contributed by atoms with Gasteiger partial charge in [-0.2, -0.15) is 4.98 Å². The molecule has 0 aliphatic carbocycles. The fourth-order valence-corrected chi connectivity index (χ4v) is 3.09. The van der Waals surface area contributed by atoms with Crippen LogP contribution < -0.4 is 10.1 Å². The molecule has 1 N–H and O–H groups in total. The summed E-state index contributed by atoms with van der Waals surface area (Å²) in [6, 6.07) is 13.2. The minimum absolute atomic E-state index is 0.111. The highest BCUT2D eigenvalue weighted by atomic mass is 79.9. The molecule has 0 aliphatic rings. The summed E-state index contributed by atoms with van der Waals surface area (Å²) in [6.07, 6.45) is 0.630. The monoisotopic (exact) mass is 429 g/mol. The Balaban J connectivity index is 1.56. The summed E-state index contributed by atoms with van der Waals surface area (Å²) in [6.45, 7) is 4.55. The largest absolute Gasteiger partial charge is 0.494 e. The van der Waals surface area contributed by atoms with Gasteiger partial charge in [0.1, 0.15) is 5.75 Å². The van der Waals surface area contributed by atoms with Gasteiger partial charge in [0, 0.05) is 22.9 Å². The van der Waals surface area contributed by atoms with Crippen LogP contribution in [-0.2, 0) is 11.2 Å². The molecule has 0 atom stereocenters. The number of amides is 1. The van der Waals surface area contributed by atoms with Crippen molar-refractivity contribution in [1.82, 2.24) is 10.1 Å². The molecule has 0 saturated heterocycles. The second kappa shape index (κ2) is 8.81. The smallest absolute Gasteiger partial charge is 0.227 e. The first kappa shape index (κ1) is 19.1. The van der Waals surface area contributed by atoms with Crippen LogP contribution in [0.25, 0.3) is 11.4 Å². The van der Waals surface area contributed by atoms with Gasteiger partial charge in [-0.3, -0.25) is 4.79 Å². The Morgan fingerprint density at radius 3 is 2.70 bits per heavy atom. The van der Waals surface area contributed by atoms with Crippen LogP contribution in [0.4, 0.5) is 5.69 Å². The third-order valence-corrected chi connectivity index (χ3v) is 4.51. The van der Waals surface area contributed by atoms with E-state index in [0.29, 0.717) is 24.7 Å². The van der Waals surface area contributed by atoms with Crippen molar-refractivity contribution in [3.63, 3.8) is 0 Å². The zero-order valence-corrected chi connectivity index (χ0v) is 16.7. The van der Waals surface area contributed by atoms with Gasteiger partial charge in [0.25, 0.3) is 0 Å². The highest BCUT2D eigenvalue weighted by Crippen LogP contribution is 2.24. The van der Waals surface area contributed by atoms with Crippen molar-refractivity contribution in [3.8, 4) is 17.1 Å². The molecule has 140 valence electrons. The quantitative estimate of drug-likeness (QED) is 0.584. The highest BCUT2D eigenvalue weighted by molar-refractivity contribution is 9.10. The van der Waals surface area contributed by atoms with Crippen LogP contribution in [0, 0.1) is 6.92 Å². The Bertz CT molecular complexity index is 922. The van der Waals surface area contributed by atoms with E-state index in [1.54, 1.807) is 0 Å². The van der Waals surface area contributed by atoms with Gasteiger partial charge in [-0.05, 0) is 71.7 Å². The zero-order chi connectivity index (χ0) is 19.2. The Kier molecular flexibility index (Phi) is 6.24. The van der Waals surface area contributed by atoms with Gasteiger partial charge in [-0.15, -0.1) is 0 Å². The highest BCUT2D eigenvalue weighted by Gasteiger charge is 2.12. The molecule has 6 nitrogen and oxygen atoms in total. The molecule has 1 aromatic heterocycles. The van der Waals surface area contributed by atoms with Crippen molar-refractivity contribution in [2.75, 3.05) is 11.9 Å². The second-order valence-electron chi connectivity index (χ2n) is 6.00. The van der Waals surface area contributed by atoms with Crippen LogP contribution in [0.1, 0.15) is 24.8 Å². The number of carbonyl (C=O) groups is 1. The summed E-state index contributed by atoms with van der Waals surface area (Å²) in [5.74, 6) is 1.61. The number of aryl methyl sites for hydroxylation is 2. The standard InChI is InChI=1S/C20H20BrN3O3/c1-3-26-15-7-5-14(6-8-15)20-23-19(27-24-20)11-10-18(25)22-17-9-4-13(2)12-16(17)21/h4-9,12H,3,10-11H2,1-2H3,(H,22,25). The average molecular weight is 430 g/mol. The molecule has 2 aromatic carbocycles. The summed E-state index contributed by atoms with van der Waals surface area (Å²) in [5, 5.41) is 6.86. The SMILES string of the molecule is CCOc1ccc(-c2noc(CCC(=O)Nc3ccc(C)cc3Br)n2)cc1. The first-order valence-corrected chi connectivity index (χ1v) is 9.46.